The van der Waals surface area contributed by atoms with Gasteiger partial charge in [0.05, 0.1) is 7.11 Å². The van der Waals surface area contributed by atoms with Crippen molar-refractivity contribution in [3.8, 4) is 5.75 Å². The van der Waals surface area contributed by atoms with Crippen molar-refractivity contribution in [1.82, 2.24) is 25.5 Å². The molecule has 0 atom stereocenters. The Morgan fingerprint density at radius 3 is 2.91 bits per heavy atom. The SMILES string of the molecule is COc1ccc(Cl)cc1CNCCCSc1nnnn1C.Cl. The number of aromatic nitrogens is 4. The lowest BCUT2D eigenvalue weighted by molar-refractivity contribution is 0.408. The Kier molecular flexibility index (Phi) is 8.55. The van der Waals surface area contributed by atoms with Gasteiger partial charge in [0, 0.05) is 29.9 Å². The number of thioether (sulfide) groups is 1. The van der Waals surface area contributed by atoms with Crippen LogP contribution in [0.5, 0.6) is 5.75 Å². The average Bonchev–Trinajstić information content (AvgIpc) is 2.88. The molecular weight excluding hydrogens is 345 g/mol. The van der Waals surface area contributed by atoms with E-state index in [2.05, 4.69) is 20.8 Å². The van der Waals surface area contributed by atoms with Gasteiger partial charge in [0.1, 0.15) is 5.75 Å². The van der Waals surface area contributed by atoms with E-state index < -0.39 is 0 Å². The molecule has 0 saturated carbocycles. The normalized spacial score (nSPS) is 10.3. The number of tetrazole rings is 1. The zero-order chi connectivity index (χ0) is 15.1. The molecule has 1 aromatic heterocycles. The Balaban J connectivity index is 0.00000242. The number of ether oxygens (including phenoxy) is 1. The zero-order valence-corrected chi connectivity index (χ0v) is 14.8. The van der Waals surface area contributed by atoms with Crippen molar-refractivity contribution >= 4 is 35.8 Å². The van der Waals surface area contributed by atoms with E-state index in [0.29, 0.717) is 0 Å². The van der Waals surface area contributed by atoms with Crippen molar-refractivity contribution in [2.24, 2.45) is 7.05 Å². The third-order valence-electron chi connectivity index (χ3n) is 2.87. The lowest BCUT2D eigenvalue weighted by Crippen LogP contribution is -2.16. The average molecular weight is 364 g/mol. The fraction of sp³-hybridized carbons (Fsp3) is 0.462. The molecule has 0 aliphatic heterocycles. The van der Waals surface area contributed by atoms with Crippen LogP contribution in [0.2, 0.25) is 5.02 Å². The minimum atomic E-state index is 0. The van der Waals surface area contributed by atoms with Crippen LogP contribution in [-0.4, -0.2) is 39.6 Å². The molecule has 0 saturated heterocycles. The van der Waals surface area contributed by atoms with Crippen LogP contribution in [0.3, 0.4) is 0 Å². The van der Waals surface area contributed by atoms with Gasteiger partial charge in [-0.2, -0.15) is 0 Å². The Hall–Kier alpha value is -1.02. The smallest absolute Gasteiger partial charge is 0.209 e. The Morgan fingerprint density at radius 2 is 2.23 bits per heavy atom. The highest BCUT2D eigenvalue weighted by Gasteiger charge is 2.04. The summed E-state index contributed by atoms with van der Waals surface area (Å²) in [5.74, 6) is 1.82. The van der Waals surface area contributed by atoms with Gasteiger partial charge in [-0.05, 0) is 41.6 Å². The summed E-state index contributed by atoms with van der Waals surface area (Å²) in [6.45, 7) is 1.65. The molecule has 2 aromatic rings. The number of rotatable bonds is 8. The van der Waals surface area contributed by atoms with Crippen molar-refractivity contribution in [3.05, 3.63) is 28.8 Å². The molecule has 0 aliphatic rings. The third kappa shape index (κ3) is 5.64. The van der Waals surface area contributed by atoms with Crippen LogP contribution >= 0.6 is 35.8 Å². The van der Waals surface area contributed by atoms with Gasteiger partial charge in [0.15, 0.2) is 0 Å². The number of aryl methyl sites for hydroxylation is 1. The van der Waals surface area contributed by atoms with Crippen molar-refractivity contribution in [2.45, 2.75) is 18.1 Å². The summed E-state index contributed by atoms with van der Waals surface area (Å²) in [5, 5.41) is 16.3. The van der Waals surface area contributed by atoms with Gasteiger partial charge in [-0.15, -0.1) is 17.5 Å². The first kappa shape index (κ1) is 19.0. The van der Waals surface area contributed by atoms with E-state index in [1.54, 1.807) is 23.6 Å². The van der Waals surface area contributed by atoms with Gasteiger partial charge in [0.25, 0.3) is 0 Å². The molecule has 0 fully saturated rings. The van der Waals surface area contributed by atoms with Crippen LogP contribution in [0.25, 0.3) is 0 Å². The van der Waals surface area contributed by atoms with Crippen LogP contribution in [0.4, 0.5) is 0 Å². The molecule has 2 rings (SSSR count). The maximum absolute atomic E-state index is 6.00. The summed E-state index contributed by atoms with van der Waals surface area (Å²) in [5.41, 5.74) is 1.06. The number of nitrogens with one attached hydrogen (secondary N) is 1. The molecule has 0 aliphatic carbocycles. The van der Waals surface area contributed by atoms with Crippen molar-refractivity contribution in [2.75, 3.05) is 19.4 Å². The Labute approximate surface area is 145 Å². The van der Waals surface area contributed by atoms with Crippen molar-refractivity contribution in [3.63, 3.8) is 0 Å². The zero-order valence-electron chi connectivity index (χ0n) is 12.5. The van der Waals surface area contributed by atoms with E-state index in [1.165, 1.54) is 0 Å². The molecule has 1 aromatic carbocycles. The molecule has 1 N–H and O–H groups in total. The Bertz CT molecular complexity index is 581. The largest absolute Gasteiger partial charge is 0.496 e. The molecule has 22 heavy (non-hydrogen) atoms. The summed E-state index contributed by atoms with van der Waals surface area (Å²) in [4.78, 5) is 0. The highest BCUT2D eigenvalue weighted by Crippen LogP contribution is 2.22. The number of benzene rings is 1. The number of hydrogen-bond donors (Lipinski definition) is 1. The lowest BCUT2D eigenvalue weighted by atomic mass is 10.2. The topological polar surface area (TPSA) is 64.9 Å². The van der Waals surface area contributed by atoms with E-state index in [9.17, 15) is 0 Å². The van der Waals surface area contributed by atoms with E-state index in [1.807, 2.05) is 25.2 Å². The predicted molar refractivity (Wildman–Crippen MR) is 91.1 cm³/mol. The molecule has 0 radical (unpaired) electrons. The van der Waals surface area contributed by atoms with Crippen LogP contribution < -0.4 is 10.1 Å². The lowest BCUT2D eigenvalue weighted by Gasteiger charge is -2.10. The van der Waals surface area contributed by atoms with Gasteiger partial charge in [-0.1, -0.05) is 23.4 Å². The van der Waals surface area contributed by atoms with Crippen molar-refractivity contribution in [1.29, 1.82) is 0 Å². The fourth-order valence-electron chi connectivity index (χ4n) is 1.81. The molecular formula is C13H19Cl2N5OS. The quantitative estimate of drug-likeness (QED) is 0.574. The number of methoxy groups -OCH3 is 1. The van der Waals surface area contributed by atoms with E-state index in [4.69, 9.17) is 16.3 Å². The predicted octanol–water partition coefficient (Wildman–Crippen LogP) is 2.57. The van der Waals surface area contributed by atoms with Gasteiger partial charge in [-0.25, -0.2) is 4.68 Å². The van der Waals surface area contributed by atoms with Crippen LogP contribution in [0, 0.1) is 0 Å². The highest BCUT2D eigenvalue weighted by molar-refractivity contribution is 7.99. The first-order valence-electron chi connectivity index (χ1n) is 6.59. The maximum Gasteiger partial charge on any atom is 0.209 e. The van der Waals surface area contributed by atoms with E-state index in [0.717, 1.165) is 46.8 Å². The summed E-state index contributed by atoms with van der Waals surface area (Å²) >= 11 is 7.65. The Morgan fingerprint density at radius 1 is 1.41 bits per heavy atom. The first-order chi connectivity index (χ1) is 10.2. The van der Waals surface area contributed by atoms with Gasteiger partial charge < -0.3 is 10.1 Å². The van der Waals surface area contributed by atoms with Gasteiger partial charge in [-0.3, -0.25) is 0 Å². The second-order valence-electron chi connectivity index (χ2n) is 4.42. The third-order valence-corrected chi connectivity index (χ3v) is 4.20. The number of halogens is 2. The molecule has 0 amide bonds. The standard InChI is InChI=1S/C13H18ClN5OS.ClH/c1-19-13(16-17-18-19)21-7-3-6-15-9-10-8-11(14)4-5-12(10)20-2;/h4-5,8,15H,3,6-7,9H2,1-2H3;1H. The molecule has 6 nitrogen and oxygen atoms in total. The number of hydrogen-bond acceptors (Lipinski definition) is 6. The fourth-order valence-corrected chi connectivity index (χ4v) is 2.80. The highest BCUT2D eigenvalue weighted by atomic mass is 35.5. The van der Waals surface area contributed by atoms with Crippen LogP contribution in [0.15, 0.2) is 23.4 Å². The summed E-state index contributed by atoms with van der Waals surface area (Å²) in [7, 11) is 3.50. The maximum atomic E-state index is 6.00. The molecule has 0 spiro atoms. The number of nitrogens with zero attached hydrogens (tertiary/aromatic N) is 4. The van der Waals surface area contributed by atoms with Crippen LogP contribution in [-0.2, 0) is 13.6 Å². The first-order valence-corrected chi connectivity index (χ1v) is 7.95. The second-order valence-corrected chi connectivity index (χ2v) is 5.92. The minimum Gasteiger partial charge on any atom is -0.496 e. The van der Waals surface area contributed by atoms with Crippen molar-refractivity contribution < 1.29 is 4.74 Å². The van der Waals surface area contributed by atoms with E-state index >= 15 is 0 Å². The van der Waals surface area contributed by atoms with Crippen LogP contribution in [0.1, 0.15) is 12.0 Å². The minimum absolute atomic E-state index is 0. The molecule has 0 unspecified atom stereocenters. The molecule has 0 bridgehead atoms. The summed E-state index contributed by atoms with van der Waals surface area (Å²) in [6.07, 6.45) is 1.03. The molecule has 122 valence electrons. The molecule has 1 heterocycles. The summed E-state index contributed by atoms with van der Waals surface area (Å²) < 4.78 is 6.99. The van der Waals surface area contributed by atoms with E-state index in [-0.39, 0.29) is 12.4 Å². The van der Waals surface area contributed by atoms with Gasteiger partial charge in [0.2, 0.25) is 5.16 Å². The van der Waals surface area contributed by atoms with Gasteiger partial charge >= 0.3 is 0 Å². The summed E-state index contributed by atoms with van der Waals surface area (Å²) in [6, 6.07) is 5.64. The second kappa shape index (κ2) is 9.89. The molecule has 9 heteroatoms. The monoisotopic (exact) mass is 363 g/mol.